The van der Waals surface area contributed by atoms with Crippen LogP contribution in [0.3, 0.4) is 0 Å². The van der Waals surface area contributed by atoms with Crippen LogP contribution in [-0.4, -0.2) is 24.0 Å². The summed E-state index contributed by atoms with van der Waals surface area (Å²) in [6, 6.07) is 12.3. The molecule has 3 amide bonds. The van der Waals surface area contributed by atoms with Crippen LogP contribution in [0.15, 0.2) is 54.7 Å². The first-order valence-electron chi connectivity index (χ1n) is 8.79. The summed E-state index contributed by atoms with van der Waals surface area (Å²) in [5.41, 5.74) is 6.32. The molecule has 0 aliphatic heterocycles. The van der Waals surface area contributed by atoms with E-state index in [4.69, 9.17) is 39.5 Å². The van der Waals surface area contributed by atoms with Crippen LogP contribution in [0.4, 0.5) is 16.2 Å². The molecule has 0 aliphatic rings. The molecule has 0 saturated carbocycles. The second-order valence-electron chi connectivity index (χ2n) is 6.04. The first kappa shape index (κ1) is 22.5. The smallest absolute Gasteiger partial charge is 0.337 e. The number of pyridine rings is 1. The fourth-order valence-electron chi connectivity index (χ4n) is 2.40. The molecule has 3 aromatic rings. The fourth-order valence-corrected chi connectivity index (χ4v) is 3.00. The Labute approximate surface area is 192 Å². The third-order valence-electron chi connectivity index (χ3n) is 3.84. The van der Waals surface area contributed by atoms with Crippen LogP contribution in [0.5, 0.6) is 11.5 Å². The zero-order valence-corrected chi connectivity index (χ0v) is 18.3. The Morgan fingerprint density at radius 1 is 0.935 bits per heavy atom. The number of amides is 3. The number of hydrogen-bond acceptors (Lipinski definition) is 5. The number of nitrogens with one attached hydrogen (secondary N) is 4. The average Bonchev–Trinajstić information content (AvgIpc) is 2.76. The van der Waals surface area contributed by atoms with Gasteiger partial charge in [0.25, 0.3) is 5.91 Å². The van der Waals surface area contributed by atoms with Crippen LogP contribution in [0.1, 0.15) is 10.5 Å². The van der Waals surface area contributed by atoms with Gasteiger partial charge >= 0.3 is 6.03 Å². The van der Waals surface area contributed by atoms with E-state index in [-0.39, 0.29) is 26.7 Å². The van der Waals surface area contributed by atoms with Crippen molar-refractivity contribution in [3.8, 4) is 11.5 Å². The zero-order valence-electron chi connectivity index (χ0n) is 16.0. The van der Waals surface area contributed by atoms with E-state index >= 15 is 0 Å². The Bertz CT molecular complexity index is 1130. The van der Waals surface area contributed by atoms with Crippen molar-refractivity contribution in [2.45, 2.75) is 0 Å². The minimum atomic E-state index is -0.573. The third-order valence-corrected chi connectivity index (χ3v) is 4.87. The predicted octanol–water partition coefficient (Wildman–Crippen LogP) is 5.34. The minimum absolute atomic E-state index is 0.230. The van der Waals surface area contributed by atoms with Crippen molar-refractivity contribution in [3.63, 3.8) is 0 Å². The molecule has 0 atom stereocenters. The van der Waals surface area contributed by atoms with Crippen molar-refractivity contribution in [2.24, 2.45) is 0 Å². The minimum Gasteiger partial charge on any atom is -0.457 e. The van der Waals surface area contributed by atoms with Crippen molar-refractivity contribution in [2.75, 3.05) is 17.8 Å². The molecule has 0 bridgehead atoms. The normalized spacial score (nSPS) is 10.2. The number of carbonyl (C=O) groups excluding carboxylic acids is 2. The number of benzene rings is 2. The van der Waals surface area contributed by atoms with E-state index in [1.807, 2.05) is 0 Å². The van der Waals surface area contributed by atoms with Gasteiger partial charge in [0.15, 0.2) is 0 Å². The summed E-state index contributed by atoms with van der Waals surface area (Å²) < 4.78 is 5.76. The van der Waals surface area contributed by atoms with Crippen LogP contribution >= 0.6 is 34.8 Å². The van der Waals surface area contributed by atoms with E-state index in [0.29, 0.717) is 22.9 Å². The summed E-state index contributed by atoms with van der Waals surface area (Å²) in [5, 5.41) is 5.85. The summed E-state index contributed by atoms with van der Waals surface area (Å²) in [5.74, 6) is 0.595. The monoisotopic (exact) mass is 479 g/mol. The molecule has 4 N–H and O–H groups in total. The van der Waals surface area contributed by atoms with Gasteiger partial charge in [-0.25, -0.2) is 4.79 Å². The lowest BCUT2D eigenvalue weighted by molar-refractivity contribution is 0.0958. The summed E-state index contributed by atoms with van der Waals surface area (Å²) >= 11 is 17.9. The van der Waals surface area contributed by atoms with E-state index in [2.05, 4.69) is 26.5 Å². The number of hydrazine groups is 1. The first-order valence-corrected chi connectivity index (χ1v) is 9.92. The third kappa shape index (κ3) is 6.14. The van der Waals surface area contributed by atoms with Crippen molar-refractivity contribution < 1.29 is 14.3 Å². The highest BCUT2D eigenvalue weighted by atomic mass is 35.5. The molecule has 3 rings (SSSR count). The lowest BCUT2D eigenvalue weighted by Gasteiger charge is -2.13. The van der Waals surface area contributed by atoms with Gasteiger partial charge in [-0.15, -0.1) is 0 Å². The Morgan fingerprint density at radius 3 is 2.45 bits per heavy atom. The number of aromatic nitrogens is 1. The molecule has 11 heteroatoms. The van der Waals surface area contributed by atoms with Crippen LogP contribution in [-0.2, 0) is 0 Å². The first-order chi connectivity index (χ1) is 14.9. The van der Waals surface area contributed by atoms with Crippen LogP contribution in [0.25, 0.3) is 0 Å². The van der Waals surface area contributed by atoms with Crippen LogP contribution < -0.4 is 26.2 Å². The van der Waals surface area contributed by atoms with Crippen molar-refractivity contribution in [1.82, 2.24) is 15.7 Å². The Hall–Kier alpha value is -3.20. The van der Waals surface area contributed by atoms with Gasteiger partial charge in [-0.05, 0) is 30.3 Å². The van der Waals surface area contributed by atoms with Gasteiger partial charge in [-0.1, -0.05) is 40.9 Å². The quantitative estimate of drug-likeness (QED) is 0.281. The van der Waals surface area contributed by atoms with Gasteiger partial charge in [0.2, 0.25) is 0 Å². The molecule has 0 saturated heterocycles. The largest absolute Gasteiger partial charge is 0.457 e. The maximum absolute atomic E-state index is 12.1. The highest BCUT2D eigenvalue weighted by molar-refractivity contribution is 6.44. The SMILES string of the molecule is CNC(=O)c1cc(Oc2cccc(NNC(=O)Nc3cc(Cl)c(Cl)cc3Cl)c2)ccn1. The second-order valence-corrected chi connectivity index (χ2v) is 7.26. The van der Waals surface area contributed by atoms with Crippen molar-refractivity contribution in [3.05, 3.63) is 75.5 Å². The number of carbonyl (C=O) groups is 2. The van der Waals surface area contributed by atoms with E-state index in [1.165, 1.54) is 31.4 Å². The molecule has 0 aliphatic carbocycles. The number of urea groups is 1. The Morgan fingerprint density at radius 2 is 1.68 bits per heavy atom. The molecule has 8 nitrogen and oxygen atoms in total. The van der Waals surface area contributed by atoms with E-state index in [9.17, 15) is 9.59 Å². The van der Waals surface area contributed by atoms with E-state index in [0.717, 1.165) is 0 Å². The summed E-state index contributed by atoms with van der Waals surface area (Å²) in [4.78, 5) is 27.8. The van der Waals surface area contributed by atoms with Gasteiger partial charge < -0.3 is 15.4 Å². The number of ether oxygens (including phenoxy) is 1. The number of rotatable bonds is 6. The van der Waals surface area contributed by atoms with Gasteiger partial charge in [0, 0.05) is 25.4 Å². The van der Waals surface area contributed by atoms with Crippen molar-refractivity contribution in [1.29, 1.82) is 0 Å². The molecule has 0 fully saturated rings. The summed E-state index contributed by atoms with van der Waals surface area (Å²) in [7, 11) is 1.52. The number of nitrogens with zero attached hydrogens (tertiary/aromatic N) is 1. The molecule has 0 radical (unpaired) electrons. The van der Waals surface area contributed by atoms with Crippen molar-refractivity contribution >= 4 is 58.1 Å². The molecule has 160 valence electrons. The Kier molecular flexibility index (Phi) is 7.41. The topological polar surface area (TPSA) is 104 Å². The molecule has 1 heterocycles. The predicted molar refractivity (Wildman–Crippen MR) is 121 cm³/mol. The Balaban J connectivity index is 1.61. The highest BCUT2D eigenvalue weighted by Gasteiger charge is 2.10. The second kappa shape index (κ2) is 10.2. The summed E-state index contributed by atoms with van der Waals surface area (Å²) in [6.45, 7) is 0. The van der Waals surface area contributed by atoms with Gasteiger partial charge in [-0.2, -0.15) is 0 Å². The fraction of sp³-hybridized carbons (Fsp3) is 0.0500. The number of anilines is 2. The van der Waals surface area contributed by atoms with Gasteiger partial charge in [-0.3, -0.25) is 20.6 Å². The molecule has 1 aromatic heterocycles. The van der Waals surface area contributed by atoms with E-state index < -0.39 is 6.03 Å². The highest BCUT2D eigenvalue weighted by Crippen LogP contribution is 2.32. The zero-order chi connectivity index (χ0) is 22.4. The van der Waals surface area contributed by atoms with Crippen LogP contribution in [0.2, 0.25) is 15.1 Å². The molecule has 31 heavy (non-hydrogen) atoms. The standard InChI is InChI=1S/C20H16Cl3N5O3/c1-24-19(29)18-8-13(5-6-25-18)31-12-4-2-3-11(7-12)27-28-20(30)26-17-10-15(22)14(21)9-16(17)23/h2-10,27H,1H3,(H,24,29)(H2,26,28,30). The molecule has 0 spiro atoms. The lowest BCUT2D eigenvalue weighted by atomic mass is 10.3. The summed E-state index contributed by atoms with van der Waals surface area (Å²) in [6.07, 6.45) is 1.47. The number of hydrogen-bond donors (Lipinski definition) is 4. The molecule has 2 aromatic carbocycles. The van der Waals surface area contributed by atoms with Crippen LogP contribution in [0, 0.1) is 0 Å². The lowest BCUT2D eigenvalue weighted by Crippen LogP contribution is -2.33. The number of halogens is 3. The molecule has 0 unspecified atom stereocenters. The van der Waals surface area contributed by atoms with Gasteiger partial charge in [0.1, 0.15) is 17.2 Å². The molecular formula is C20H16Cl3N5O3. The van der Waals surface area contributed by atoms with Gasteiger partial charge in [0.05, 0.1) is 26.4 Å². The van der Waals surface area contributed by atoms with E-state index in [1.54, 1.807) is 30.3 Å². The maximum atomic E-state index is 12.1. The average molecular weight is 481 g/mol. The molecular weight excluding hydrogens is 465 g/mol. The maximum Gasteiger partial charge on any atom is 0.337 e.